The van der Waals surface area contributed by atoms with E-state index in [0.717, 1.165) is 17.0 Å². The summed E-state index contributed by atoms with van der Waals surface area (Å²) >= 11 is 0. The molecule has 1 N–H and O–H groups in total. The van der Waals surface area contributed by atoms with Gasteiger partial charge >= 0.3 is 6.18 Å². The molecule has 0 aliphatic heterocycles. The summed E-state index contributed by atoms with van der Waals surface area (Å²) in [4.78, 5) is 12.7. The molecule has 9 heteroatoms. The Bertz CT molecular complexity index is 1240. The topological polar surface area (TPSA) is 73.0 Å². The molecule has 0 radical (unpaired) electrons. The minimum absolute atomic E-state index is 0.0289. The Morgan fingerprint density at radius 2 is 1.81 bits per heavy atom. The SMILES string of the molecule is CC(C)c1nnc(-c2cc3ccccc3n2CC(=O)Nc2ccccc2C(F)(F)F)o1. The molecule has 2 aromatic carbocycles. The van der Waals surface area contributed by atoms with E-state index in [4.69, 9.17) is 4.42 Å². The Balaban J connectivity index is 1.69. The summed E-state index contributed by atoms with van der Waals surface area (Å²) in [6, 6.07) is 14.0. The number of halogens is 3. The maximum Gasteiger partial charge on any atom is 0.418 e. The third-order valence-electron chi connectivity index (χ3n) is 4.77. The lowest BCUT2D eigenvalue weighted by Gasteiger charge is -2.14. The Kier molecular flexibility index (Phi) is 5.26. The summed E-state index contributed by atoms with van der Waals surface area (Å²) in [5.41, 5.74) is 0.0400. The normalized spacial score (nSPS) is 11.9. The molecule has 1 amide bonds. The molecule has 4 rings (SSSR count). The molecule has 0 aliphatic carbocycles. The number of nitrogens with one attached hydrogen (secondary N) is 1. The first-order valence-electron chi connectivity index (χ1n) is 9.62. The summed E-state index contributed by atoms with van der Waals surface area (Å²) in [6.07, 6.45) is -4.58. The number of para-hydroxylation sites is 2. The van der Waals surface area contributed by atoms with Gasteiger partial charge in [-0.05, 0) is 24.3 Å². The number of nitrogens with zero attached hydrogens (tertiary/aromatic N) is 3. The molecule has 0 atom stereocenters. The molecule has 0 spiro atoms. The van der Waals surface area contributed by atoms with Crippen LogP contribution in [0.15, 0.2) is 59.0 Å². The number of fused-ring (bicyclic) bond motifs is 1. The quantitative estimate of drug-likeness (QED) is 0.457. The molecule has 4 aromatic rings. The van der Waals surface area contributed by atoms with Crippen molar-refractivity contribution >= 4 is 22.5 Å². The molecule has 31 heavy (non-hydrogen) atoms. The first kappa shape index (κ1) is 20.6. The minimum Gasteiger partial charge on any atom is -0.419 e. The van der Waals surface area contributed by atoms with E-state index in [0.29, 0.717) is 11.6 Å². The molecule has 0 unspecified atom stereocenters. The van der Waals surface area contributed by atoms with Crippen LogP contribution in [-0.4, -0.2) is 20.7 Å². The van der Waals surface area contributed by atoms with E-state index in [2.05, 4.69) is 15.5 Å². The molecule has 0 bridgehead atoms. The number of aromatic nitrogens is 3. The Morgan fingerprint density at radius 3 is 2.52 bits per heavy atom. The Hall–Kier alpha value is -3.62. The largest absolute Gasteiger partial charge is 0.419 e. The lowest BCUT2D eigenvalue weighted by atomic mass is 10.1. The van der Waals surface area contributed by atoms with Gasteiger partial charge in [-0.2, -0.15) is 13.2 Å². The van der Waals surface area contributed by atoms with Gasteiger partial charge in [0.1, 0.15) is 12.2 Å². The monoisotopic (exact) mass is 428 g/mol. The molecule has 0 fully saturated rings. The fraction of sp³-hybridized carbons (Fsp3) is 0.227. The Labute approximate surface area is 175 Å². The smallest absolute Gasteiger partial charge is 0.418 e. The summed E-state index contributed by atoms with van der Waals surface area (Å²) in [7, 11) is 0. The van der Waals surface area contributed by atoms with Crippen LogP contribution in [0.4, 0.5) is 18.9 Å². The van der Waals surface area contributed by atoms with Crippen molar-refractivity contribution in [1.82, 2.24) is 14.8 Å². The minimum atomic E-state index is -4.58. The number of hydrogen-bond acceptors (Lipinski definition) is 4. The number of carbonyl (C=O) groups is 1. The third-order valence-corrected chi connectivity index (χ3v) is 4.77. The van der Waals surface area contributed by atoms with Crippen molar-refractivity contribution in [2.45, 2.75) is 32.5 Å². The van der Waals surface area contributed by atoms with E-state index in [1.807, 2.05) is 44.2 Å². The highest BCUT2D eigenvalue weighted by atomic mass is 19.4. The average Bonchev–Trinajstić information content (AvgIpc) is 3.33. The van der Waals surface area contributed by atoms with Gasteiger partial charge in [0.25, 0.3) is 5.89 Å². The van der Waals surface area contributed by atoms with Crippen molar-refractivity contribution in [2.75, 3.05) is 5.32 Å². The first-order chi connectivity index (χ1) is 14.7. The number of hydrogen-bond donors (Lipinski definition) is 1. The van der Waals surface area contributed by atoms with Crippen LogP contribution < -0.4 is 5.32 Å². The number of amides is 1. The van der Waals surface area contributed by atoms with Crippen molar-refractivity contribution in [1.29, 1.82) is 0 Å². The molecule has 160 valence electrons. The van der Waals surface area contributed by atoms with Crippen LogP contribution in [-0.2, 0) is 17.5 Å². The average molecular weight is 428 g/mol. The molecule has 0 saturated carbocycles. The number of benzene rings is 2. The predicted octanol–water partition coefficient (Wildman–Crippen LogP) is 5.47. The van der Waals surface area contributed by atoms with Crippen LogP contribution in [0, 0.1) is 0 Å². The Morgan fingerprint density at radius 1 is 1.10 bits per heavy atom. The second kappa shape index (κ2) is 7.90. The fourth-order valence-electron chi connectivity index (χ4n) is 3.30. The molecule has 6 nitrogen and oxygen atoms in total. The van der Waals surface area contributed by atoms with Gasteiger partial charge in [-0.15, -0.1) is 10.2 Å². The predicted molar refractivity (Wildman–Crippen MR) is 109 cm³/mol. The van der Waals surface area contributed by atoms with Crippen molar-refractivity contribution in [3.63, 3.8) is 0 Å². The standard InChI is InChI=1S/C22H19F3N4O2/c1-13(2)20-27-28-21(31-20)18-11-14-7-3-6-10-17(14)29(18)12-19(30)26-16-9-5-4-8-15(16)22(23,24)25/h3-11,13H,12H2,1-2H3,(H,26,30). The van der Waals surface area contributed by atoms with Gasteiger partial charge in [0.15, 0.2) is 0 Å². The fourth-order valence-corrected chi connectivity index (χ4v) is 3.30. The van der Waals surface area contributed by atoms with E-state index in [1.54, 1.807) is 4.57 Å². The molecule has 0 saturated heterocycles. The summed E-state index contributed by atoms with van der Waals surface area (Å²) in [5, 5.41) is 11.3. The highest BCUT2D eigenvalue weighted by Crippen LogP contribution is 2.35. The van der Waals surface area contributed by atoms with Crippen LogP contribution in [0.25, 0.3) is 22.5 Å². The maximum absolute atomic E-state index is 13.3. The van der Waals surface area contributed by atoms with Gasteiger partial charge in [0, 0.05) is 16.8 Å². The molecular formula is C22H19F3N4O2. The zero-order valence-electron chi connectivity index (χ0n) is 16.8. The third kappa shape index (κ3) is 4.16. The molecule has 0 aliphatic rings. The van der Waals surface area contributed by atoms with E-state index < -0.39 is 17.6 Å². The second-order valence-corrected chi connectivity index (χ2v) is 7.37. The zero-order valence-corrected chi connectivity index (χ0v) is 16.8. The number of anilines is 1. The van der Waals surface area contributed by atoms with Gasteiger partial charge in [-0.25, -0.2) is 0 Å². The van der Waals surface area contributed by atoms with Crippen LogP contribution in [0.1, 0.15) is 31.2 Å². The lowest BCUT2D eigenvalue weighted by Crippen LogP contribution is -2.21. The second-order valence-electron chi connectivity index (χ2n) is 7.37. The molecular weight excluding hydrogens is 409 g/mol. The molecule has 2 aromatic heterocycles. The maximum atomic E-state index is 13.3. The van der Waals surface area contributed by atoms with E-state index in [9.17, 15) is 18.0 Å². The highest BCUT2D eigenvalue weighted by Gasteiger charge is 2.33. The van der Waals surface area contributed by atoms with E-state index in [-0.39, 0.29) is 24.0 Å². The van der Waals surface area contributed by atoms with Gasteiger partial charge in [0.2, 0.25) is 11.8 Å². The van der Waals surface area contributed by atoms with Gasteiger partial charge < -0.3 is 14.3 Å². The van der Waals surface area contributed by atoms with Crippen LogP contribution in [0.2, 0.25) is 0 Å². The highest BCUT2D eigenvalue weighted by molar-refractivity contribution is 5.94. The molecule has 2 heterocycles. The zero-order chi connectivity index (χ0) is 22.2. The summed E-state index contributed by atoms with van der Waals surface area (Å²) in [6.45, 7) is 3.60. The van der Waals surface area contributed by atoms with Crippen LogP contribution in [0.5, 0.6) is 0 Å². The van der Waals surface area contributed by atoms with Crippen molar-refractivity contribution < 1.29 is 22.4 Å². The van der Waals surface area contributed by atoms with Gasteiger partial charge in [-0.3, -0.25) is 4.79 Å². The van der Waals surface area contributed by atoms with Crippen molar-refractivity contribution in [3.8, 4) is 11.6 Å². The summed E-state index contributed by atoms with van der Waals surface area (Å²) < 4.78 is 47.2. The van der Waals surface area contributed by atoms with Crippen molar-refractivity contribution in [2.24, 2.45) is 0 Å². The lowest BCUT2D eigenvalue weighted by molar-refractivity contribution is -0.137. The van der Waals surface area contributed by atoms with E-state index >= 15 is 0 Å². The number of rotatable bonds is 5. The summed E-state index contributed by atoms with van der Waals surface area (Å²) in [5.74, 6) is 0.114. The van der Waals surface area contributed by atoms with Crippen LogP contribution in [0.3, 0.4) is 0 Å². The van der Waals surface area contributed by atoms with E-state index in [1.165, 1.54) is 18.2 Å². The first-order valence-corrected chi connectivity index (χ1v) is 9.62. The van der Waals surface area contributed by atoms with Gasteiger partial charge in [-0.1, -0.05) is 44.2 Å². The van der Waals surface area contributed by atoms with Gasteiger partial charge in [0.05, 0.1) is 11.3 Å². The number of carbonyl (C=O) groups excluding carboxylic acids is 1. The number of alkyl halides is 3. The van der Waals surface area contributed by atoms with Crippen LogP contribution >= 0.6 is 0 Å². The van der Waals surface area contributed by atoms with Crippen molar-refractivity contribution in [3.05, 3.63) is 66.1 Å².